The van der Waals surface area contributed by atoms with E-state index in [2.05, 4.69) is 25.8 Å². The van der Waals surface area contributed by atoms with E-state index in [-0.39, 0.29) is 17.7 Å². The number of hydrogen-bond donors (Lipinski definition) is 3. The Morgan fingerprint density at radius 3 is 2.83 bits per heavy atom. The van der Waals surface area contributed by atoms with Crippen LogP contribution in [0.15, 0.2) is 30.5 Å². The quantitative estimate of drug-likeness (QED) is 0.451. The molecule has 4 atom stereocenters. The van der Waals surface area contributed by atoms with Crippen LogP contribution in [0, 0.1) is 11.8 Å². The van der Waals surface area contributed by atoms with Crippen molar-refractivity contribution in [3.8, 4) is 11.3 Å². The summed E-state index contributed by atoms with van der Waals surface area (Å²) in [5.41, 5.74) is 8.35. The Labute approximate surface area is 176 Å². The van der Waals surface area contributed by atoms with Crippen LogP contribution in [-0.4, -0.2) is 63.9 Å². The number of nitrogen functional groups attached to an aromatic ring is 1. The highest BCUT2D eigenvalue weighted by Crippen LogP contribution is 2.37. The molecule has 0 aliphatic carbocycles. The van der Waals surface area contributed by atoms with Gasteiger partial charge in [-0.1, -0.05) is 17.3 Å². The molecule has 5 rings (SSSR count). The molecule has 2 amide bonds. The molecule has 2 bridgehead atoms. The summed E-state index contributed by atoms with van der Waals surface area (Å²) in [5, 5.41) is 14.3. The Bertz CT molecular complexity index is 912. The van der Waals surface area contributed by atoms with Crippen LogP contribution in [-0.2, 0) is 16.1 Å². The van der Waals surface area contributed by atoms with Gasteiger partial charge in [-0.05, 0) is 37.4 Å². The number of piperidine rings is 3. The summed E-state index contributed by atoms with van der Waals surface area (Å²) in [6.45, 7) is 4.97. The zero-order chi connectivity index (χ0) is 21.1. The molecule has 1 aromatic carbocycles. The van der Waals surface area contributed by atoms with Crippen LogP contribution in [0.5, 0.6) is 0 Å². The van der Waals surface area contributed by atoms with Gasteiger partial charge in [-0.2, -0.15) is 0 Å². The summed E-state index contributed by atoms with van der Waals surface area (Å²) in [5.74, 6) is 0.420. The van der Waals surface area contributed by atoms with Crippen LogP contribution in [0.25, 0.3) is 11.3 Å². The Morgan fingerprint density at radius 2 is 2.10 bits per heavy atom. The fourth-order valence-corrected chi connectivity index (χ4v) is 4.61. The van der Waals surface area contributed by atoms with Gasteiger partial charge in [-0.3, -0.25) is 19.2 Å². The number of carbonyl (C=O) groups excluding carboxylic acids is 2. The maximum atomic E-state index is 12.6. The van der Waals surface area contributed by atoms with Crippen molar-refractivity contribution in [1.82, 2.24) is 30.5 Å². The molecule has 9 nitrogen and oxygen atoms in total. The lowest BCUT2D eigenvalue weighted by atomic mass is 9.75. The van der Waals surface area contributed by atoms with Gasteiger partial charge in [-0.25, -0.2) is 0 Å². The minimum absolute atomic E-state index is 0.0194. The zero-order valence-corrected chi connectivity index (χ0v) is 17.3. The smallest absolute Gasteiger partial charge is 0.224 e. The molecule has 0 saturated carbocycles. The van der Waals surface area contributed by atoms with Crippen molar-refractivity contribution in [3.63, 3.8) is 0 Å². The largest absolute Gasteiger partial charge is 0.399 e. The fourth-order valence-electron chi connectivity index (χ4n) is 4.61. The summed E-state index contributed by atoms with van der Waals surface area (Å²) in [6, 6.07) is 8.01. The molecular weight excluding hydrogens is 382 g/mol. The number of nitrogens with zero attached hydrogens (tertiary/aromatic N) is 4. The third kappa shape index (κ3) is 4.62. The standard InChI is InChI=1S/C21H29N7O2/c1-14(29)23-6-7-24-21(30)19-12-27-8-5-15(19)10-18(27)11-28-13-20(25-26-28)16-3-2-4-17(22)9-16/h2-4,9,13,15,18-19H,5-8,10-12,22H2,1H3,(H,23,29)(H,24,30)/t15-,18+,19-/m0/s1. The van der Waals surface area contributed by atoms with E-state index in [0.717, 1.165) is 43.7 Å². The number of aromatic nitrogens is 3. The van der Waals surface area contributed by atoms with Crippen molar-refractivity contribution in [1.29, 1.82) is 0 Å². The van der Waals surface area contributed by atoms with E-state index in [1.165, 1.54) is 6.92 Å². The van der Waals surface area contributed by atoms with Crippen LogP contribution in [0.4, 0.5) is 5.69 Å². The number of nitrogens with one attached hydrogen (secondary N) is 2. The fraction of sp³-hybridized carbons (Fsp3) is 0.524. The molecule has 30 heavy (non-hydrogen) atoms. The van der Waals surface area contributed by atoms with E-state index in [0.29, 0.717) is 30.7 Å². The first-order chi connectivity index (χ1) is 14.5. The maximum Gasteiger partial charge on any atom is 0.224 e. The lowest BCUT2D eigenvalue weighted by Gasteiger charge is -2.49. The molecule has 0 radical (unpaired) electrons. The molecule has 0 spiro atoms. The van der Waals surface area contributed by atoms with Crippen molar-refractivity contribution in [2.75, 3.05) is 31.9 Å². The molecule has 3 saturated heterocycles. The molecule has 3 aliphatic heterocycles. The first-order valence-corrected chi connectivity index (χ1v) is 10.5. The van der Waals surface area contributed by atoms with Crippen LogP contribution in [0.3, 0.4) is 0 Å². The summed E-state index contributed by atoms with van der Waals surface area (Å²) in [7, 11) is 0. The first kappa shape index (κ1) is 20.3. The Hall–Kier alpha value is -2.94. The summed E-state index contributed by atoms with van der Waals surface area (Å²) in [6.07, 6.45) is 3.99. The van der Waals surface area contributed by atoms with Gasteiger partial charge < -0.3 is 16.4 Å². The lowest BCUT2D eigenvalue weighted by molar-refractivity contribution is -0.133. The third-order valence-electron chi connectivity index (χ3n) is 6.13. The minimum atomic E-state index is -0.0815. The average Bonchev–Trinajstić information content (AvgIpc) is 3.20. The predicted octanol–water partition coefficient (Wildman–Crippen LogP) is 0.490. The highest BCUT2D eigenvalue weighted by Gasteiger charge is 2.43. The van der Waals surface area contributed by atoms with Gasteiger partial charge in [0.15, 0.2) is 0 Å². The van der Waals surface area contributed by atoms with Gasteiger partial charge in [0.1, 0.15) is 5.69 Å². The van der Waals surface area contributed by atoms with Crippen LogP contribution in [0.2, 0.25) is 0 Å². The SMILES string of the molecule is CC(=O)NCCNC(=O)[C@H]1CN2CC[C@H]1C[C@@H]2Cn1cc(-c2cccc(N)c2)nn1. The normalized spacial score (nSPS) is 25.1. The summed E-state index contributed by atoms with van der Waals surface area (Å²) >= 11 is 0. The van der Waals surface area contributed by atoms with Gasteiger partial charge in [-0.15, -0.1) is 5.10 Å². The van der Waals surface area contributed by atoms with Crippen molar-refractivity contribution in [2.45, 2.75) is 32.4 Å². The molecule has 3 aliphatic rings. The molecule has 4 heterocycles. The van der Waals surface area contributed by atoms with Crippen LogP contribution >= 0.6 is 0 Å². The number of nitrogens with two attached hydrogens (primary N) is 1. The summed E-state index contributed by atoms with van der Waals surface area (Å²) in [4.78, 5) is 25.9. The van der Waals surface area contributed by atoms with Gasteiger partial charge in [0.05, 0.1) is 18.7 Å². The molecular formula is C21H29N7O2. The second-order valence-electron chi connectivity index (χ2n) is 8.26. The topological polar surface area (TPSA) is 118 Å². The third-order valence-corrected chi connectivity index (χ3v) is 6.13. The highest BCUT2D eigenvalue weighted by molar-refractivity contribution is 5.79. The van der Waals surface area contributed by atoms with Crippen molar-refractivity contribution in [2.24, 2.45) is 11.8 Å². The van der Waals surface area contributed by atoms with E-state index >= 15 is 0 Å². The average molecular weight is 412 g/mol. The number of fused-ring (bicyclic) bond motifs is 3. The monoisotopic (exact) mass is 411 g/mol. The number of anilines is 1. The number of rotatable bonds is 7. The minimum Gasteiger partial charge on any atom is -0.399 e. The van der Waals surface area contributed by atoms with E-state index in [1.807, 2.05) is 35.1 Å². The van der Waals surface area contributed by atoms with Crippen LogP contribution in [0.1, 0.15) is 19.8 Å². The molecule has 3 fully saturated rings. The summed E-state index contributed by atoms with van der Waals surface area (Å²) < 4.78 is 1.90. The number of amides is 2. The molecule has 9 heteroatoms. The second-order valence-corrected chi connectivity index (χ2v) is 8.26. The Balaban J connectivity index is 1.32. The number of hydrogen-bond acceptors (Lipinski definition) is 6. The van der Waals surface area contributed by atoms with Crippen molar-refractivity contribution >= 4 is 17.5 Å². The van der Waals surface area contributed by atoms with E-state index < -0.39 is 0 Å². The molecule has 1 aromatic heterocycles. The van der Waals surface area contributed by atoms with Gasteiger partial charge >= 0.3 is 0 Å². The van der Waals surface area contributed by atoms with Gasteiger partial charge in [0.2, 0.25) is 11.8 Å². The zero-order valence-electron chi connectivity index (χ0n) is 17.3. The lowest BCUT2D eigenvalue weighted by Crippen LogP contribution is -2.58. The molecule has 160 valence electrons. The number of carbonyl (C=O) groups is 2. The molecule has 1 unspecified atom stereocenters. The Kier molecular flexibility index (Phi) is 5.98. The number of benzene rings is 1. The van der Waals surface area contributed by atoms with E-state index in [9.17, 15) is 9.59 Å². The maximum absolute atomic E-state index is 12.6. The van der Waals surface area contributed by atoms with Crippen LogP contribution < -0.4 is 16.4 Å². The molecule has 2 aromatic rings. The van der Waals surface area contributed by atoms with E-state index in [1.54, 1.807) is 0 Å². The Morgan fingerprint density at radius 1 is 1.27 bits per heavy atom. The molecule has 4 N–H and O–H groups in total. The highest BCUT2D eigenvalue weighted by atomic mass is 16.2. The predicted molar refractivity (Wildman–Crippen MR) is 113 cm³/mol. The first-order valence-electron chi connectivity index (χ1n) is 10.5. The van der Waals surface area contributed by atoms with Crippen molar-refractivity contribution < 1.29 is 9.59 Å². The van der Waals surface area contributed by atoms with E-state index in [4.69, 9.17) is 5.73 Å². The van der Waals surface area contributed by atoms with Gasteiger partial charge in [0.25, 0.3) is 0 Å². The van der Waals surface area contributed by atoms with Crippen molar-refractivity contribution in [3.05, 3.63) is 30.5 Å². The van der Waals surface area contributed by atoms with Gasteiger partial charge in [0, 0.05) is 43.9 Å². The second kappa shape index (κ2) is 8.83.